The Kier molecular flexibility index (Phi) is 8.26. The van der Waals surface area contributed by atoms with Gasteiger partial charge in [0.15, 0.2) is 0 Å². The normalized spacial score (nSPS) is 22.4. The average molecular weight is 380 g/mol. The number of nitrogens with one attached hydrogen (secondary N) is 1. The van der Waals surface area contributed by atoms with Crippen molar-refractivity contribution in [1.82, 2.24) is 19.6 Å². The fraction of sp³-hybridized carbons (Fsp3) is 0.800. The maximum Gasteiger partial charge on any atom is 0.242 e. The lowest BCUT2D eigenvalue weighted by molar-refractivity contribution is -0.130. The lowest BCUT2D eigenvalue weighted by Crippen LogP contribution is -2.55. The molecule has 1 aliphatic rings. The molecule has 2 heterocycles. The minimum atomic E-state index is -0.169. The summed E-state index contributed by atoms with van der Waals surface area (Å²) >= 11 is 0. The van der Waals surface area contributed by atoms with Gasteiger partial charge < -0.3 is 15.0 Å². The monoisotopic (exact) mass is 379 g/mol. The van der Waals surface area contributed by atoms with Crippen molar-refractivity contribution >= 4 is 11.6 Å². The Balaban J connectivity index is 1.97. The SMILES string of the molecule is CCN(CC)CCn1cc(NC(=O)C(C(C)C)N2CC(C)OC(C)C2)cn1. The standard InChI is InChI=1S/C20H37N5O2/c1-7-23(8-2)9-10-25-14-18(11-21-25)22-20(26)19(15(3)4)24-12-16(5)27-17(6)13-24/h11,14-17,19H,7-10,12-13H2,1-6H3,(H,22,26). The molecule has 2 rings (SSSR count). The number of anilines is 1. The fourth-order valence-corrected chi connectivity index (χ4v) is 3.89. The van der Waals surface area contributed by atoms with Gasteiger partial charge in [-0.15, -0.1) is 0 Å². The highest BCUT2D eigenvalue weighted by Crippen LogP contribution is 2.20. The van der Waals surface area contributed by atoms with Crippen LogP contribution < -0.4 is 5.32 Å². The van der Waals surface area contributed by atoms with E-state index in [2.05, 4.69) is 61.8 Å². The Labute approximate surface area is 164 Å². The third-order valence-electron chi connectivity index (χ3n) is 5.18. The summed E-state index contributed by atoms with van der Waals surface area (Å²) in [5.74, 6) is 0.259. The molecule has 0 aromatic carbocycles. The molecule has 0 aliphatic carbocycles. The topological polar surface area (TPSA) is 62.6 Å². The molecule has 1 N–H and O–H groups in total. The molecule has 154 valence electrons. The van der Waals surface area contributed by atoms with Crippen LogP contribution in [0.5, 0.6) is 0 Å². The Morgan fingerprint density at radius 1 is 1.30 bits per heavy atom. The van der Waals surface area contributed by atoms with Crippen LogP contribution in [0.3, 0.4) is 0 Å². The van der Waals surface area contributed by atoms with E-state index in [-0.39, 0.29) is 30.1 Å². The summed E-state index contributed by atoms with van der Waals surface area (Å²) < 4.78 is 7.72. The molecule has 1 aromatic heterocycles. The molecule has 7 nitrogen and oxygen atoms in total. The first kappa shape index (κ1) is 21.9. The highest BCUT2D eigenvalue weighted by molar-refractivity contribution is 5.94. The molecule has 1 aliphatic heterocycles. The second kappa shape index (κ2) is 10.2. The molecule has 0 saturated carbocycles. The van der Waals surface area contributed by atoms with Crippen LogP contribution in [-0.2, 0) is 16.1 Å². The number of rotatable bonds is 9. The van der Waals surface area contributed by atoms with E-state index in [9.17, 15) is 4.79 Å². The summed E-state index contributed by atoms with van der Waals surface area (Å²) in [6.45, 7) is 18.1. The molecule has 0 radical (unpaired) electrons. The predicted octanol–water partition coefficient (Wildman–Crippen LogP) is 2.30. The number of aromatic nitrogens is 2. The van der Waals surface area contributed by atoms with Crippen molar-refractivity contribution in [2.45, 2.75) is 66.3 Å². The van der Waals surface area contributed by atoms with Crippen molar-refractivity contribution in [1.29, 1.82) is 0 Å². The number of hydrogen-bond acceptors (Lipinski definition) is 5. The highest BCUT2D eigenvalue weighted by atomic mass is 16.5. The minimum absolute atomic E-state index is 0.0367. The number of hydrogen-bond donors (Lipinski definition) is 1. The molecule has 7 heteroatoms. The van der Waals surface area contributed by atoms with E-state index in [0.717, 1.165) is 45.0 Å². The number of carbonyl (C=O) groups excluding carboxylic acids is 1. The zero-order chi connectivity index (χ0) is 20.0. The Morgan fingerprint density at radius 3 is 2.48 bits per heavy atom. The van der Waals surface area contributed by atoms with Gasteiger partial charge in [0.05, 0.1) is 36.7 Å². The number of morpholine rings is 1. The quantitative estimate of drug-likeness (QED) is 0.713. The lowest BCUT2D eigenvalue weighted by Gasteiger charge is -2.40. The van der Waals surface area contributed by atoms with E-state index in [4.69, 9.17) is 4.74 Å². The molecule has 1 amide bonds. The number of nitrogens with zero attached hydrogens (tertiary/aromatic N) is 4. The first-order valence-electron chi connectivity index (χ1n) is 10.3. The van der Waals surface area contributed by atoms with Crippen molar-refractivity contribution < 1.29 is 9.53 Å². The summed E-state index contributed by atoms with van der Waals surface area (Å²) in [6, 6.07) is -0.169. The first-order chi connectivity index (χ1) is 12.8. The summed E-state index contributed by atoms with van der Waals surface area (Å²) in [7, 11) is 0. The molecule has 3 unspecified atom stereocenters. The fourth-order valence-electron chi connectivity index (χ4n) is 3.89. The summed E-state index contributed by atoms with van der Waals surface area (Å²) in [5.41, 5.74) is 0.763. The third-order valence-corrected chi connectivity index (χ3v) is 5.18. The maximum absolute atomic E-state index is 13.0. The van der Waals surface area contributed by atoms with E-state index in [1.165, 1.54) is 0 Å². The molecule has 27 heavy (non-hydrogen) atoms. The molecule has 0 spiro atoms. The van der Waals surface area contributed by atoms with Crippen LogP contribution in [0.2, 0.25) is 0 Å². The summed E-state index contributed by atoms with van der Waals surface area (Å²) in [4.78, 5) is 17.6. The Hall–Kier alpha value is -1.44. The molecular formula is C20H37N5O2. The van der Waals surface area contributed by atoms with Crippen molar-refractivity contribution in [3.05, 3.63) is 12.4 Å². The van der Waals surface area contributed by atoms with Gasteiger partial charge in [-0.05, 0) is 32.9 Å². The van der Waals surface area contributed by atoms with Crippen molar-refractivity contribution in [2.75, 3.05) is 38.0 Å². The van der Waals surface area contributed by atoms with Crippen molar-refractivity contribution in [3.63, 3.8) is 0 Å². The van der Waals surface area contributed by atoms with Crippen molar-refractivity contribution in [2.24, 2.45) is 5.92 Å². The van der Waals surface area contributed by atoms with Gasteiger partial charge in [0.2, 0.25) is 5.91 Å². The van der Waals surface area contributed by atoms with Gasteiger partial charge in [-0.2, -0.15) is 5.10 Å². The largest absolute Gasteiger partial charge is 0.373 e. The van der Waals surface area contributed by atoms with Crippen LogP contribution in [-0.4, -0.2) is 76.5 Å². The second-order valence-electron chi connectivity index (χ2n) is 7.91. The van der Waals surface area contributed by atoms with Gasteiger partial charge in [0.1, 0.15) is 0 Å². The number of carbonyl (C=O) groups is 1. The molecule has 0 bridgehead atoms. The molecular weight excluding hydrogens is 342 g/mol. The van der Waals surface area contributed by atoms with Crippen LogP contribution in [0.15, 0.2) is 12.4 Å². The zero-order valence-electron chi connectivity index (χ0n) is 17.8. The van der Waals surface area contributed by atoms with Crippen LogP contribution >= 0.6 is 0 Å². The van der Waals surface area contributed by atoms with Crippen LogP contribution in [0, 0.1) is 5.92 Å². The third kappa shape index (κ3) is 6.30. The Bertz CT molecular complexity index is 575. The molecule has 1 aromatic rings. The Morgan fingerprint density at radius 2 is 1.93 bits per heavy atom. The van der Waals surface area contributed by atoms with Gasteiger partial charge in [-0.3, -0.25) is 14.4 Å². The van der Waals surface area contributed by atoms with Crippen LogP contribution in [0.25, 0.3) is 0 Å². The van der Waals surface area contributed by atoms with E-state index >= 15 is 0 Å². The van der Waals surface area contributed by atoms with Gasteiger partial charge >= 0.3 is 0 Å². The number of ether oxygens (including phenoxy) is 1. The van der Waals surface area contributed by atoms with E-state index in [1.807, 2.05) is 10.9 Å². The predicted molar refractivity (Wildman–Crippen MR) is 109 cm³/mol. The minimum Gasteiger partial charge on any atom is -0.373 e. The van der Waals surface area contributed by atoms with Crippen LogP contribution in [0.1, 0.15) is 41.5 Å². The molecule has 1 fully saturated rings. The second-order valence-corrected chi connectivity index (χ2v) is 7.91. The first-order valence-corrected chi connectivity index (χ1v) is 10.3. The van der Waals surface area contributed by atoms with E-state index < -0.39 is 0 Å². The molecule has 3 atom stereocenters. The van der Waals surface area contributed by atoms with Gasteiger partial charge in [-0.25, -0.2) is 0 Å². The molecule has 1 saturated heterocycles. The van der Waals surface area contributed by atoms with Gasteiger partial charge in [-0.1, -0.05) is 27.7 Å². The highest BCUT2D eigenvalue weighted by Gasteiger charge is 2.34. The lowest BCUT2D eigenvalue weighted by atomic mass is 9.99. The van der Waals surface area contributed by atoms with E-state index in [1.54, 1.807) is 6.20 Å². The van der Waals surface area contributed by atoms with Gasteiger partial charge in [0, 0.05) is 25.8 Å². The van der Waals surface area contributed by atoms with Gasteiger partial charge in [0.25, 0.3) is 0 Å². The maximum atomic E-state index is 13.0. The summed E-state index contributed by atoms with van der Waals surface area (Å²) in [5, 5.41) is 7.46. The average Bonchev–Trinajstić information content (AvgIpc) is 3.02. The van der Waals surface area contributed by atoms with Crippen LogP contribution in [0.4, 0.5) is 5.69 Å². The summed E-state index contributed by atoms with van der Waals surface area (Å²) in [6.07, 6.45) is 3.95. The smallest absolute Gasteiger partial charge is 0.242 e. The number of likely N-dealkylation sites (N-methyl/N-ethyl adjacent to an activating group) is 1. The zero-order valence-corrected chi connectivity index (χ0v) is 17.8. The van der Waals surface area contributed by atoms with E-state index in [0.29, 0.717) is 0 Å². The van der Waals surface area contributed by atoms with Crippen molar-refractivity contribution in [3.8, 4) is 0 Å². The number of amides is 1.